The topological polar surface area (TPSA) is 140 Å². The predicted molar refractivity (Wildman–Crippen MR) is 120 cm³/mol. The number of benzene rings is 2. The van der Waals surface area contributed by atoms with Gasteiger partial charge >= 0.3 is 5.97 Å². The molecular weight excluding hydrogens is 422 g/mol. The van der Waals surface area contributed by atoms with Crippen LogP contribution in [-0.4, -0.2) is 34.3 Å². The van der Waals surface area contributed by atoms with Gasteiger partial charge in [0.25, 0.3) is 0 Å². The van der Waals surface area contributed by atoms with Crippen LogP contribution in [0.4, 0.5) is 5.82 Å². The number of nitrogens with one attached hydrogen (secondary N) is 3. The molecule has 33 heavy (non-hydrogen) atoms. The molecule has 3 aromatic rings. The number of anilines is 1. The molecular formula is C24H19N5O4. The number of nitriles is 1. The molecule has 1 atom stereocenters. The number of H-pyrrole nitrogens is 1. The van der Waals surface area contributed by atoms with Gasteiger partial charge in [-0.3, -0.25) is 9.89 Å². The van der Waals surface area contributed by atoms with E-state index >= 15 is 0 Å². The number of methoxy groups -OCH3 is 1. The van der Waals surface area contributed by atoms with Gasteiger partial charge in [-0.05, 0) is 23.3 Å². The number of aliphatic carboxylic acids is 1. The van der Waals surface area contributed by atoms with Gasteiger partial charge in [-0.25, -0.2) is 4.79 Å². The molecule has 164 valence electrons. The smallest absolute Gasteiger partial charge is 0.328 e. The first-order chi connectivity index (χ1) is 16.0. The van der Waals surface area contributed by atoms with Crippen LogP contribution in [0.3, 0.4) is 0 Å². The highest BCUT2D eigenvalue weighted by Crippen LogP contribution is 2.44. The van der Waals surface area contributed by atoms with Crippen LogP contribution in [0.1, 0.15) is 17.0 Å². The Hall–Kier alpha value is -4.84. The lowest BCUT2D eigenvalue weighted by molar-refractivity contribution is -0.131. The standard InChI is InChI=1S/C24H19N5O4/c1-33-16-9-7-14(8-10-16)20-17(13-25)23(26-18(30)11-12-19(31)32)27-24-21(20)22(28-29-24)15-5-3-2-4-6-15/h2-12,20H,1H3,(H,26,30)(H,31,32)(H2,27,28,29)/b12-11+. The SMILES string of the molecule is COc1ccc(C2C(C#N)=C(NC(=O)/C=C/C(=O)O)Nc3n[nH]c(-c4ccccc4)c32)cc1. The van der Waals surface area contributed by atoms with Crippen LogP contribution in [0.5, 0.6) is 5.75 Å². The van der Waals surface area contributed by atoms with Gasteiger partial charge in [-0.2, -0.15) is 10.4 Å². The highest BCUT2D eigenvalue weighted by Gasteiger charge is 2.35. The molecule has 2 heterocycles. The summed E-state index contributed by atoms with van der Waals surface area (Å²) >= 11 is 0. The Bertz CT molecular complexity index is 1300. The lowest BCUT2D eigenvalue weighted by Gasteiger charge is -2.27. The van der Waals surface area contributed by atoms with E-state index in [0.29, 0.717) is 11.6 Å². The quantitative estimate of drug-likeness (QED) is 0.431. The molecule has 1 unspecified atom stereocenters. The molecule has 0 spiro atoms. The van der Waals surface area contributed by atoms with Gasteiger partial charge in [0.1, 0.15) is 11.6 Å². The van der Waals surface area contributed by atoms with Gasteiger partial charge in [0.2, 0.25) is 5.91 Å². The van der Waals surface area contributed by atoms with E-state index < -0.39 is 17.8 Å². The molecule has 2 aromatic carbocycles. The number of hydrogen-bond acceptors (Lipinski definition) is 6. The predicted octanol–water partition coefficient (Wildman–Crippen LogP) is 3.13. The van der Waals surface area contributed by atoms with Gasteiger partial charge in [0, 0.05) is 17.7 Å². The summed E-state index contributed by atoms with van der Waals surface area (Å²) in [5.41, 5.74) is 3.43. The Labute approximate surface area is 189 Å². The largest absolute Gasteiger partial charge is 0.497 e. The number of hydrogen-bond donors (Lipinski definition) is 4. The Morgan fingerprint density at radius 3 is 2.52 bits per heavy atom. The number of carboxylic acids is 1. The van der Waals surface area contributed by atoms with E-state index in [0.717, 1.165) is 34.5 Å². The normalized spacial score (nSPS) is 14.8. The molecule has 1 aliphatic heterocycles. The van der Waals surface area contributed by atoms with Crippen molar-refractivity contribution in [3.63, 3.8) is 0 Å². The zero-order chi connectivity index (χ0) is 23.4. The second-order valence-electron chi connectivity index (χ2n) is 7.12. The van der Waals surface area contributed by atoms with E-state index in [4.69, 9.17) is 9.84 Å². The van der Waals surface area contributed by atoms with Crippen molar-refractivity contribution in [2.45, 2.75) is 5.92 Å². The Morgan fingerprint density at radius 1 is 1.15 bits per heavy atom. The number of nitrogens with zero attached hydrogens (tertiary/aromatic N) is 2. The fourth-order valence-electron chi connectivity index (χ4n) is 3.69. The van der Waals surface area contributed by atoms with Crippen molar-refractivity contribution in [1.29, 1.82) is 5.26 Å². The zero-order valence-electron chi connectivity index (χ0n) is 17.5. The fourth-order valence-corrected chi connectivity index (χ4v) is 3.69. The number of amides is 1. The third-order valence-corrected chi connectivity index (χ3v) is 5.15. The molecule has 9 nitrogen and oxygen atoms in total. The number of aromatic nitrogens is 2. The highest BCUT2D eigenvalue weighted by atomic mass is 16.5. The van der Waals surface area contributed by atoms with Crippen molar-refractivity contribution in [3.05, 3.63) is 89.3 Å². The van der Waals surface area contributed by atoms with Crippen LogP contribution >= 0.6 is 0 Å². The Balaban J connectivity index is 1.85. The van der Waals surface area contributed by atoms with E-state index in [9.17, 15) is 14.9 Å². The minimum absolute atomic E-state index is 0.136. The zero-order valence-corrected chi connectivity index (χ0v) is 17.5. The number of carbonyl (C=O) groups is 2. The summed E-state index contributed by atoms with van der Waals surface area (Å²) < 4.78 is 5.26. The van der Waals surface area contributed by atoms with E-state index in [1.165, 1.54) is 0 Å². The van der Waals surface area contributed by atoms with Crippen molar-refractivity contribution < 1.29 is 19.4 Å². The second-order valence-corrected chi connectivity index (χ2v) is 7.12. The molecule has 1 amide bonds. The molecule has 9 heteroatoms. The van der Waals surface area contributed by atoms with Crippen LogP contribution in [-0.2, 0) is 9.59 Å². The maximum absolute atomic E-state index is 12.3. The van der Waals surface area contributed by atoms with Crippen molar-refractivity contribution in [1.82, 2.24) is 15.5 Å². The van der Waals surface area contributed by atoms with E-state index in [2.05, 4.69) is 26.9 Å². The van der Waals surface area contributed by atoms with Crippen molar-refractivity contribution >= 4 is 17.7 Å². The summed E-state index contributed by atoms with van der Waals surface area (Å²) in [7, 11) is 1.57. The van der Waals surface area contributed by atoms with E-state index in [1.54, 1.807) is 19.2 Å². The number of ether oxygens (including phenoxy) is 1. The first-order valence-corrected chi connectivity index (χ1v) is 9.92. The average molecular weight is 441 g/mol. The maximum Gasteiger partial charge on any atom is 0.328 e. The number of rotatable bonds is 6. The van der Waals surface area contributed by atoms with Gasteiger partial charge in [-0.1, -0.05) is 42.5 Å². The molecule has 0 saturated carbocycles. The van der Waals surface area contributed by atoms with Gasteiger partial charge in [-0.15, -0.1) is 0 Å². The summed E-state index contributed by atoms with van der Waals surface area (Å²) in [4.78, 5) is 23.0. The van der Waals surface area contributed by atoms with Crippen molar-refractivity contribution in [2.75, 3.05) is 12.4 Å². The van der Waals surface area contributed by atoms with Crippen LogP contribution in [0.2, 0.25) is 0 Å². The minimum Gasteiger partial charge on any atom is -0.497 e. The van der Waals surface area contributed by atoms with Gasteiger partial charge in [0.15, 0.2) is 5.82 Å². The first kappa shape index (κ1) is 21.4. The summed E-state index contributed by atoms with van der Waals surface area (Å²) in [6, 6.07) is 19.1. The number of carboxylic acid groups (broad SMARTS) is 1. The molecule has 0 saturated heterocycles. The first-order valence-electron chi connectivity index (χ1n) is 9.92. The molecule has 1 aromatic heterocycles. The summed E-state index contributed by atoms with van der Waals surface area (Å²) in [6.07, 6.45) is 1.60. The summed E-state index contributed by atoms with van der Waals surface area (Å²) in [6.45, 7) is 0. The molecule has 0 aliphatic carbocycles. The highest BCUT2D eigenvalue weighted by molar-refractivity contribution is 5.95. The summed E-state index contributed by atoms with van der Waals surface area (Å²) in [5, 5.41) is 31.8. The average Bonchev–Trinajstić information content (AvgIpc) is 3.26. The summed E-state index contributed by atoms with van der Waals surface area (Å²) in [5.74, 6) is -1.25. The molecule has 4 rings (SSSR count). The number of aromatic amines is 1. The van der Waals surface area contributed by atoms with Crippen LogP contribution in [0.15, 0.2) is 78.1 Å². The maximum atomic E-state index is 12.3. The number of fused-ring (bicyclic) bond motifs is 1. The third kappa shape index (κ3) is 4.31. The number of carbonyl (C=O) groups excluding carboxylic acids is 1. The van der Waals surface area contributed by atoms with Crippen molar-refractivity contribution in [2.24, 2.45) is 0 Å². The van der Waals surface area contributed by atoms with E-state index in [1.807, 2.05) is 42.5 Å². The lowest BCUT2D eigenvalue weighted by Crippen LogP contribution is -2.31. The Morgan fingerprint density at radius 2 is 1.88 bits per heavy atom. The van der Waals surface area contributed by atoms with Crippen LogP contribution in [0.25, 0.3) is 11.3 Å². The van der Waals surface area contributed by atoms with Gasteiger partial charge < -0.3 is 20.5 Å². The molecule has 1 aliphatic rings. The van der Waals surface area contributed by atoms with Crippen LogP contribution < -0.4 is 15.4 Å². The van der Waals surface area contributed by atoms with Gasteiger partial charge in [0.05, 0.1) is 30.4 Å². The third-order valence-electron chi connectivity index (χ3n) is 5.15. The molecule has 0 bridgehead atoms. The van der Waals surface area contributed by atoms with Crippen LogP contribution in [0, 0.1) is 11.3 Å². The molecule has 0 fully saturated rings. The van der Waals surface area contributed by atoms with E-state index in [-0.39, 0.29) is 11.4 Å². The minimum atomic E-state index is -1.26. The fraction of sp³-hybridized carbons (Fsp3) is 0.0833. The lowest BCUT2D eigenvalue weighted by atomic mass is 9.82. The monoisotopic (exact) mass is 441 g/mol. The van der Waals surface area contributed by atoms with Crippen molar-refractivity contribution in [3.8, 4) is 23.1 Å². The number of allylic oxidation sites excluding steroid dienone is 1. The molecule has 4 N–H and O–H groups in total. The Kier molecular flexibility index (Phi) is 5.91. The second kappa shape index (κ2) is 9.11. The molecule has 0 radical (unpaired) electrons.